The molecule has 0 saturated carbocycles. The second-order valence-corrected chi connectivity index (χ2v) is 5.89. The van der Waals surface area contributed by atoms with E-state index in [0.29, 0.717) is 6.42 Å². The van der Waals surface area contributed by atoms with Crippen molar-refractivity contribution in [1.29, 1.82) is 0 Å². The third kappa shape index (κ3) is 5.07. The zero-order valence-corrected chi connectivity index (χ0v) is 12.2. The normalized spacial score (nSPS) is 22.5. The molecule has 0 aromatic carbocycles. The maximum atomic E-state index is 11.6. The van der Waals surface area contributed by atoms with Gasteiger partial charge in [0.05, 0.1) is 18.4 Å². The zero-order chi connectivity index (χ0) is 15.4. The van der Waals surface area contributed by atoms with E-state index in [-0.39, 0.29) is 13.0 Å². The van der Waals surface area contributed by atoms with Gasteiger partial charge in [-0.25, -0.2) is 4.79 Å². The molecule has 1 rings (SSSR count). The van der Waals surface area contributed by atoms with E-state index >= 15 is 0 Å². The molecule has 0 amide bonds. The van der Waals surface area contributed by atoms with Gasteiger partial charge in [-0.05, 0) is 27.7 Å². The molecule has 1 atom stereocenters. The molecule has 7 nitrogen and oxygen atoms in total. The summed E-state index contributed by atoms with van der Waals surface area (Å²) < 4.78 is 19.2. The SMILES string of the molecule is CC1(CC(=O)OCOC(=O)C(C)(C)C)CCOC(=O)O1. The summed E-state index contributed by atoms with van der Waals surface area (Å²) in [5, 5.41) is 0. The first-order chi connectivity index (χ1) is 9.12. The second-order valence-electron chi connectivity index (χ2n) is 5.89. The zero-order valence-electron chi connectivity index (χ0n) is 12.2. The lowest BCUT2D eigenvalue weighted by molar-refractivity contribution is -0.176. The Bertz CT molecular complexity index is 396. The summed E-state index contributed by atoms with van der Waals surface area (Å²) in [4.78, 5) is 34.1. The number of rotatable bonds is 4. The van der Waals surface area contributed by atoms with Gasteiger partial charge >= 0.3 is 18.1 Å². The molecule has 0 radical (unpaired) electrons. The van der Waals surface area contributed by atoms with Crippen LogP contribution in [0.4, 0.5) is 4.79 Å². The summed E-state index contributed by atoms with van der Waals surface area (Å²) in [6, 6.07) is 0. The quantitative estimate of drug-likeness (QED) is 0.575. The average Bonchev–Trinajstić information content (AvgIpc) is 2.26. The van der Waals surface area contributed by atoms with E-state index in [0.717, 1.165) is 0 Å². The van der Waals surface area contributed by atoms with Gasteiger partial charge in [-0.15, -0.1) is 0 Å². The van der Waals surface area contributed by atoms with Crippen LogP contribution in [0.1, 0.15) is 40.5 Å². The monoisotopic (exact) mass is 288 g/mol. The maximum absolute atomic E-state index is 11.6. The van der Waals surface area contributed by atoms with Crippen LogP contribution in [0, 0.1) is 5.41 Å². The van der Waals surface area contributed by atoms with Crippen LogP contribution in [-0.2, 0) is 28.5 Å². The van der Waals surface area contributed by atoms with Gasteiger partial charge in [0.2, 0.25) is 6.79 Å². The highest BCUT2D eigenvalue weighted by Crippen LogP contribution is 2.25. The Morgan fingerprint density at radius 2 is 1.95 bits per heavy atom. The Labute approximate surface area is 117 Å². The molecule has 1 saturated heterocycles. The van der Waals surface area contributed by atoms with Crippen LogP contribution in [0.3, 0.4) is 0 Å². The van der Waals surface area contributed by atoms with Crippen molar-refractivity contribution in [3.8, 4) is 0 Å². The molecule has 0 aliphatic carbocycles. The van der Waals surface area contributed by atoms with Crippen LogP contribution < -0.4 is 0 Å². The first kappa shape index (κ1) is 16.3. The highest BCUT2D eigenvalue weighted by Gasteiger charge is 2.37. The van der Waals surface area contributed by atoms with Gasteiger partial charge in [0.15, 0.2) is 0 Å². The number of ether oxygens (including phenoxy) is 4. The Morgan fingerprint density at radius 3 is 2.50 bits per heavy atom. The van der Waals surface area contributed by atoms with E-state index in [1.54, 1.807) is 27.7 Å². The van der Waals surface area contributed by atoms with E-state index in [2.05, 4.69) is 4.74 Å². The Balaban J connectivity index is 2.33. The summed E-state index contributed by atoms with van der Waals surface area (Å²) in [7, 11) is 0. The number of carbonyl (C=O) groups excluding carboxylic acids is 3. The van der Waals surface area contributed by atoms with Crippen molar-refractivity contribution in [3.63, 3.8) is 0 Å². The smallest absolute Gasteiger partial charge is 0.434 e. The first-order valence-corrected chi connectivity index (χ1v) is 6.31. The molecule has 114 valence electrons. The molecule has 1 heterocycles. The standard InChI is InChI=1S/C13H20O7/c1-12(2,3)10(15)19-8-18-9(14)7-13(4)5-6-17-11(16)20-13/h5-8H2,1-4H3. The van der Waals surface area contributed by atoms with Gasteiger partial charge in [-0.2, -0.15) is 0 Å². The Hall–Kier alpha value is -1.79. The minimum atomic E-state index is -0.944. The minimum Gasteiger partial charge on any atom is -0.434 e. The lowest BCUT2D eigenvalue weighted by Gasteiger charge is -2.31. The summed E-state index contributed by atoms with van der Waals surface area (Å²) in [5.41, 5.74) is -1.60. The minimum absolute atomic E-state index is 0.116. The number of cyclic esters (lactones) is 2. The molecule has 0 spiro atoms. The van der Waals surface area contributed by atoms with Crippen LogP contribution in [0.25, 0.3) is 0 Å². The largest absolute Gasteiger partial charge is 0.508 e. The number of carbonyl (C=O) groups is 3. The number of esters is 2. The summed E-state index contributed by atoms with van der Waals surface area (Å²) in [6.07, 6.45) is -0.518. The van der Waals surface area contributed by atoms with Crippen molar-refractivity contribution in [1.82, 2.24) is 0 Å². The van der Waals surface area contributed by atoms with Gasteiger partial charge < -0.3 is 18.9 Å². The molecule has 7 heteroatoms. The molecule has 20 heavy (non-hydrogen) atoms. The summed E-state index contributed by atoms with van der Waals surface area (Å²) in [6.45, 7) is 6.45. The van der Waals surface area contributed by atoms with Crippen LogP contribution in [0.2, 0.25) is 0 Å². The van der Waals surface area contributed by atoms with Crippen molar-refractivity contribution in [2.45, 2.75) is 46.1 Å². The fourth-order valence-electron chi connectivity index (χ4n) is 1.48. The van der Waals surface area contributed by atoms with E-state index in [4.69, 9.17) is 14.2 Å². The van der Waals surface area contributed by atoms with Gasteiger partial charge in [0.25, 0.3) is 0 Å². The van der Waals surface area contributed by atoms with Crippen molar-refractivity contribution in [2.75, 3.05) is 13.4 Å². The van der Waals surface area contributed by atoms with Crippen LogP contribution in [0.5, 0.6) is 0 Å². The number of hydrogen-bond donors (Lipinski definition) is 0. The van der Waals surface area contributed by atoms with Gasteiger partial charge in [0, 0.05) is 6.42 Å². The maximum Gasteiger partial charge on any atom is 0.508 e. The van der Waals surface area contributed by atoms with Crippen molar-refractivity contribution in [2.24, 2.45) is 5.41 Å². The summed E-state index contributed by atoms with van der Waals surface area (Å²) >= 11 is 0. The third-order valence-electron chi connectivity index (χ3n) is 2.72. The molecule has 1 unspecified atom stereocenters. The lowest BCUT2D eigenvalue weighted by atomic mass is 9.97. The highest BCUT2D eigenvalue weighted by molar-refractivity contribution is 5.75. The van der Waals surface area contributed by atoms with Crippen molar-refractivity contribution in [3.05, 3.63) is 0 Å². The number of hydrogen-bond acceptors (Lipinski definition) is 7. The molecule has 0 aromatic rings. The Morgan fingerprint density at radius 1 is 1.30 bits per heavy atom. The third-order valence-corrected chi connectivity index (χ3v) is 2.72. The molecule has 0 N–H and O–H groups in total. The van der Waals surface area contributed by atoms with Crippen molar-refractivity contribution < 1.29 is 33.3 Å². The van der Waals surface area contributed by atoms with Crippen LogP contribution in [-0.4, -0.2) is 37.1 Å². The van der Waals surface area contributed by atoms with Crippen LogP contribution in [0.15, 0.2) is 0 Å². The van der Waals surface area contributed by atoms with Crippen molar-refractivity contribution >= 4 is 18.1 Å². The molecule has 1 aliphatic heterocycles. The second kappa shape index (κ2) is 6.11. The fraction of sp³-hybridized carbons (Fsp3) is 0.769. The van der Waals surface area contributed by atoms with E-state index in [1.807, 2.05) is 0 Å². The van der Waals surface area contributed by atoms with E-state index in [1.165, 1.54) is 0 Å². The average molecular weight is 288 g/mol. The topological polar surface area (TPSA) is 88.1 Å². The van der Waals surface area contributed by atoms with E-state index < -0.39 is 35.9 Å². The molecular formula is C13H20O7. The van der Waals surface area contributed by atoms with Crippen LogP contribution >= 0.6 is 0 Å². The Kier molecular flexibility index (Phi) is 4.97. The molecule has 1 aliphatic rings. The first-order valence-electron chi connectivity index (χ1n) is 6.31. The lowest BCUT2D eigenvalue weighted by Crippen LogP contribution is -2.40. The van der Waals surface area contributed by atoms with E-state index in [9.17, 15) is 14.4 Å². The predicted molar refractivity (Wildman–Crippen MR) is 66.6 cm³/mol. The fourth-order valence-corrected chi connectivity index (χ4v) is 1.48. The van der Waals surface area contributed by atoms with Gasteiger partial charge in [0.1, 0.15) is 5.60 Å². The molecular weight excluding hydrogens is 268 g/mol. The molecule has 0 bridgehead atoms. The predicted octanol–water partition coefficient (Wildman–Crippen LogP) is 1.78. The van der Waals surface area contributed by atoms with Gasteiger partial charge in [-0.3, -0.25) is 9.59 Å². The summed E-state index contributed by atoms with van der Waals surface area (Å²) in [5.74, 6) is -1.07. The van der Waals surface area contributed by atoms with Gasteiger partial charge in [-0.1, -0.05) is 0 Å². The molecule has 0 aromatic heterocycles. The highest BCUT2D eigenvalue weighted by atomic mass is 16.7. The molecule has 1 fully saturated rings.